The maximum atomic E-state index is 11.2. The van der Waals surface area contributed by atoms with Gasteiger partial charge in [0.05, 0.1) is 11.4 Å². The van der Waals surface area contributed by atoms with Crippen molar-refractivity contribution in [2.24, 2.45) is 39.4 Å². The van der Waals surface area contributed by atoms with Crippen molar-refractivity contribution in [2.45, 2.75) is 117 Å². The highest BCUT2D eigenvalue weighted by atomic mass is 16.3. The van der Waals surface area contributed by atoms with Gasteiger partial charge in [0.15, 0.2) is 0 Å². The van der Waals surface area contributed by atoms with Crippen molar-refractivity contribution in [3.63, 3.8) is 0 Å². The highest BCUT2D eigenvalue weighted by molar-refractivity contribution is 5.62. The lowest BCUT2D eigenvalue weighted by Gasteiger charge is -2.70. The molecule has 45 heavy (non-hydrogen) atoms. The number of allylic oxidation sites excluding steroid dienone is 2. The summed E-state index contributed by atoms with van der Waals surface area (Å²) < 4.78 is 0. The smallest absolute Gasteiger partial charge is 0.231 e. The molecule has 4 fully saturated rings. The number of rotatable bonds is 2. The Morgan fingerprint density at radius 3 is 2.36 bits per heavy atom. The first kappa shape index (κ1) is 29.9. The van der Waals surface area contributed by atoms with E-state index >= 15 is 0 Å². The molecule has 3 saturated carbocycles. The molecule has 2 aromatic heterocycles. The average Bonchev–Trinajstić information content (AvgIpc) is 3.56. The number of hydrogen-bond acceptors (Lipinski definition) is 6. The van der Waals surface area contributed by atoms with Crippen molar-refractivity contribution < 1.29 is 5.11 Å². The number of nitrogens with two attached hydrogens (primary N) is 1. The molecule has 0 bridgehead atoms. The monoisotopic (exact) mass is 615 g/mol. The topological polar surface area (TPSA) is 119 Å². The molecule has 6 N–H and O–H groups in total. The molecule has 8 heteroatoms. The predicted octanol–water partition coefficient (Wildman–Crippen LogP) is 6.60. The summed E-state index contributed by atoms with van der Waals surface area (Å²) in [6.45, 7) is 21.5. The average molecular weight is 616 g/mol. The van der Waals surface area contributed by atoms with Gasteiger partial charge in [0, 0.05) is 42.6 Å². The van der Waals surface area contributed by atoms with Crippen molar-refractivity contribution in [3.05, 3.63) is 28.6 Å². The Kier molecular flexibility index (Phi) is 6.19. The normalized spacial score (nSPS) is 41.6. The zero-order chi connectivity index (χ0) is 31.8. The van der Waals surface area contributed by atoms with E-state index in [4.69, 9.17) is 15.9 Å². The number of nitrogens with one attached hydrogen (secondary N) is 3. The number of piperazine rings is 1. The highest BCUT2D eigenvalue weighted by Crippen LogP contribution is 2.75. The van der Waals surface area contributed by atoms with E-state index in [0.29, 0.717) is 17.8 Å². The van der Waals surface area contributed by atoms with Gasteiger partial charge in [0.1, 0.15) is 11.5 Å². The van der Waals surface area contributed by atoms with Crippen LogP contribution in [0.2, 0.25) is 0 Å². The summed E-state index contributed by atoms with van der Waals surface area (Å²) in [4.78, 5) is 2.39. The Bertz CT molecular complexity index is 1550. The van der Waals surface area contributed by atoms with Crippen LogP contribution in [0.3, 0.4) is 0 Å². The minimum absolute atomic E-state index is 0.000119. The lowest BCUT2D eigenvalue weighted by molar-refractivity contribution is -0.154. The fraction of sp³-hybridized carbons (Fsp3) is 0.784. The van der Waals surface area contributed by atoms with E-state index in [9.17, 15) is 5.11 Å². The second-order valence-electron chi connectivity index (χ2n) is 18.2. The summed E-state index contributed by atoms with van der Waals surface area (Å²) in [7, 11) is 0. The zero-order valence-electron chi connectivity index (χ0n) is 28.9. The summed E-state index contributed by atoms with van der Waals surface area (Å²) in [5.74, 6) is 2.65. The number of anilines is 2. The minimum atomic E-state index is -0.0458. The van der Waals surface area contributed by atoms with Gasteiger partial charge in [-0.05, 0) is 97.2 Å². The molecule has 0 aromatic carbocycles. The Morgan fingerprint density at radius 2 is 1.60 bits per heavy atom. The molecular formula is C37H57N7O. The first-order valence-electron chi connectivity index (χ1n) is 18.0. The van der Waals surface area contributed by atoms with Gasteiger partial charge in [-0.25, -0.2) is 5.10 Å². The van der Waals surface area contributed by atoms with Crippen LogP contribution < -0.4 is 16.0 Å². The van der Waals surface area contributed by atoms with Crippen molar-refractivity contribution in [2.75, 3.05) is 36.8 Å². The van der Waals surface area contributed by atoms with E-state index < -0.39 is 0 Å². The molecule has 0 spiro atoms. The third-order valence-electron chi connectivity index (χ3n) is 15.5. The number of H-pyrrole nitrogens is 2. The third-order valence-corrected chi connectivity index (χ3v) is 15.5. The molecule has 7 atom stereocenters. The summed E-state index contributed by atoms with van der Waals surface area (Å²) in [5, 5.41) is 30.8. The maximum absolute atomic E-state index is 11.2. The molecule has 5 aliphatic carbocycles. The first-order valence-corrected chi connectivity index (χ1v) is 18.0. The molecule has 3 unspecified atom stereocenters. The van der Waals surface area contributed by atoms with Gasteiger partial charge >= 0.3 is 0 Å². The number of nitrogens with zero attached hydrogens (tertiary/aromatic N) is 3. The van der Waals surface area contributed by atoms with E-state index in [1.54, 1.807) is 5.57 Å². The Morgan fingerprint density at radius 1 is 0.889 bits per heavy atom. The predicted molar refractivity (Wildman–Crippen MR) is 180 cm³/mol. The molecule has 1 aliphatic heterocycles. The van der Waals surface area contributed by atoms with Gasteiger partial charge in [-0.3, -0.25) is 5.10 Å². The minimum Gasteiger partial charge on any atom is -0.492 e. The van der Waals surface area contributed by atoms with Crippen LogP contribution in [-0.4, -0.2) is 51.7 Å². The molecule has 3 heterocycles. The van der Waals surface area contributed by atoms with Crippen LogP contribution >= 0.6 is 0 Å². The lowest BCUT2D eigenvalue weighted by atomic mass is 9.33. The van der Waals surface area contributed by atoms with Gasteiger partial charge in [0.25, 0.3) is 0 Å². The van der Waals surface area contributed by atoms with Gasteiger partial charge in [0.2, 0.25) is 5.88 Å². The van der Waals surface area contributed by atoms with Gasteiger partial charge in [-0.2, -0.15) is 10.2 Å². The number of nitrogen functional groups attached to an aromatic ring is 1. The van der Waals surface area contributed by atoms with Crippen LogP contribution in [0.4, 0.5) is 11.5 Å². The van der Waals surface area contributed by atoms with Gasteiger partial charge < -0.3 is 21.1 Å². The summed E-state index contributed by atoms with van der Waals surface area (Å²) in [5.41, 5.74) is 13.6. The Hall–Kier alpha value is -2.48. The fourth-order valence-electron chi connectivity index (χ4n) is 13.0. The first-order chi connectivity index (χ1) is 21.2. The van der Waals surface area contributed by atoms with E-state index in [2.05, 4.69) is 75.0 Å². The van der Waals surface area contributed by atoms with E-state index in [1.807, 2.05) is 0 Å². The second kappa shape index (κ2) is 9.32. The van der Waals surface area contributed by atoms with Crippen molar-refractivity contribution in [3.8, 4) is 5.88 Å². The van der Waals surface area contributed by atoms with Crippen LogP contribution in [0.25, 0.3) is 0 Å². The van der Waals surface area contributed by atoms with Crippen molar-refractivity contribution in [1.29, 1.82) is 0 Å². The van der Waals surface area contributed by atoms with Crippen LogP contribution in [0.1, 0.15) is 117 Å². The highest BCUT2D eigenvalue weighted by Gasteiger charge is 2.69. The second-order valence-corrected chi connectivity index (χ2v) is 18.2. The van der Waals surface area contributed by atoms with Gasteiger partial charge in [-0.15, -0.1) is 0 Å². The third kappa shape index (κ3) is 3.75. The Balaban J connectivity index is 1.24. The molecule has 246 valence electrons. The quantitative estimate of drug-likeness (QED) is 0.243. The molecular weight excluding hydrogens is 558 g/mol. The van der Waals surface area contributed by atoms with Crippen LogP contribution in [0, 0.1) is 39.4 Å². The zero-order valence-corrected chi connectivity index (χ0v) is 28.9. The maximum Gasteiger partial charge on any atom is 0.231 e. The SMILES string of the molecule is CC1(C)CC[C@]2(c3n[nH]c(O)c3N3CCNCC3)CC[C@]3(C)C(=CCC4[C@@]5(C)Cc6c(n[nH]c6N)C(C)(C)C5CC[C@]43C)C2C1. The number of aromatic nitrogens is 4. The number of aromatic hydroxyl groups is 1. The van der Waals surface area contributed by atoms with Crippen LogP contribution in [-0.2, 0) is 17.3 Å². The van der Waals surface area contributed by atoms with Crippen molar-refractivity contribution >= 4 is 11.5 Å². The fourth-order valence-corrected chi connectivity index (χ4v) is 13.0. The lowest BCUT2D eigenvalue weighted by Crippen LogP contribution is -2.64. The molecule has 0 amide bonds. The molecule has 8 rings (SSSR count). The van der Waals surface area contributed by atoms with Gasteiger partial charge in [-0.1, -0.05) is 60.1 Å². The van der Waals surface area contributed by atoms with E-state index in [0.717, 1.165) is 69.1 Å². The summed E-state index contributed by atoms with van der Waals surface area (Å²) >= 11 is 0. The molecule has 8 nitrogen and oxygen atoms in total. The van der Waals surface area contributed by atoms with Crippen LogP contribution in [0.5, 0.6) is 5.88 Å². The number of aromatic amines is 2. The molecule has 0 radical (unpaired) electrons. The van der Waals surface area contributed by atoms with Crippen molar-refractivity contribution in [1.82, 2.24) is 25.7 Å². The molecule has 1 saturated heterocycles. The molecule has 2 aromatic rings. The van der Waals surface area contributed by atoms with E-state index in [-0.39, 0.29) is 38.4 Å². The summed E-state index contributed by atoms with van der Waals surface area (Å²) in [6.07, 6.45) is 13.3. The Labute approximate surface area is 269 Å². The largest absolute Gasteiger partial charge is 0.492 e. The van der Waals surface area contributed by atoms with Crippen LogP contribution in [0.15, 0.2) is 11.6 Å². The standard InChI is InChI=1S/C37H57N7O/c1-32(2)12-14-37(29-27(31(45)43-41-29)44-18-16-39-17-19-44)15-13-35(6)23(24(37)21-32)8-9-26-34(5)20-22-28(40-42-30(22)38)33(3,4)25(34)10-11-36(26,35)7/h8,24-26,39H,9-21H2,1-7H3,(H3,38,40,42)(H2,41,43,45)/t24?,25?,26?,34-,35+,36+,37-/m0/s1. The van der Waals surface area contributed by atoms with E-state index in [1.165, 1.54) is 43.4 Å². The molecule has 6 aliphatic rings. The summed E-state index contributed by atoms with van der Waals surface area (Å²) in [6, 6.07) is 0. The number of hydrogen-bond donors (Lipinski definition) is 5. The number of fused-ring (bicyclic) bond motifs is 8.